The second-order valence-corrected chi connectivity index (χ2v) is 6.13. The van der Waals surface area contributed by atoms with Crippen molar-refractivity contribution in [1.82, 2.24) is 25.5 Å². The Morgan fingerprint density at radius 3 is 2.79 bits per heavy atom. The number of fused-ring (bicyclic) bond motifs is 1. The van der Waals surface area contributed by atoms with Gasteiger partial charge < -0.3 is 5.32 Å². The van der Waals surface area contributed by atoms with Gasteiger partial charge in [0.25, 0.3) is 0 Å². The standard InChI is InChI=1S/C18H18FN5/c1-12(13-5-7-14(8-6-13)24-11-20-22-23-24)21-18-10-9-15-16(18)3-2-4-17(15)19/h2-8,11-12,18,21H,9-10H2,1H3/t12-,18-/m1/s1. The molecule has 0 bridgehead atoms. The van der Waals surface area contributed by atoms with Crippen LogP contribution in [0.1, 0.15) is 42.1 Å². The molecule has 122 valence electrons. The van der Waals surface area contributed by atoms with Crippen molar-refractivity contribution in [1.29, 1.82) is 0 Å². The van der Waals surface area contributed by atoms with Crippen molar-refractivity contribution in [2.45, 2.75) is 31.8 Å². The van der Waals surface area contributed by atoms with Crippen molar-refractivity contribution in [2.24, 2.45) is 0 Å². The van der Waals surface area contributed by atoms with Gasteiger partial charge in [-0.3, -0.25) is 0 Å². The average molecular weight is 323 g/mol. The summed E-state index contributed by atoms with van der Waals surface area (Å²) in [5, 5.41) is 14.8. The van der Waals surface area contributed by atoms with Crippen LogP contribution in [-0.2, 0) is 6.42 Å². The van der Waals surface area contributed by atoms with Crippen LogP contribution in [0.15, 0.2) is 48.8 Å². The Bertz CT molecular complexity index is 829. The molecule has 6 heteroatoms. The summed E-state index contributed by atoms with van der Waals surface area (Å²) in [6, 6.07) is 13.8. The highest BCUT2D eigenvalue weighted by Gasteiger charge is 2.25. The van der Waals surface area contributed by atoms with E-state index in [1.807, 2.05) is 18.2 Å². The van der Waals surface area contributed by atoms with Crippen LogP contribution in [0.25, 0.3) is 5.69 Å². The first-order valence-corrected chi connectivity index (χ1v) is 8.09. The summed E-state index contributed by atoms with van der Waals surface area (Å²) in [4.78, 5) is 0. The Morgan fingerprint density at radius 1 is 1.21 bits per heavy atom. The molecule has 24 heavy (non-hydrogen) atoms. The minimum atomic E-state index is -0.0877. The van der Waals surface area contributed by atoms with Crippen molar-refractivity contribution in [2.75, 3.05) is 0 Å². The molecule has 0 spiro atoms. The lowest BCUT2D eigenvalue weighted by molar-refractivity contribution is 0.465. The highest BCUT2D eigenvalue weighted by atomic mass is 19.1. The second-order valence-electron chi connectivity index (χ2n) is 6.13. The molecular weight excluding hydrogens is 305 g/mol. The van der Waals surface area contributed by atoms with Gasteiger partial charge in [0.05, 0.1) is 5.69 Å². The van der Waals surface area contributed by atoms with Crippen molar-refractivity contribution < 1.29 is 4.39 Å². The fraction of sp³-hybridized carbons (Fsp3) is 0.278. The maximum Gasteiger partial charge on any atom is 0.143 e. The van der Waals surface area contributed by atoms with Crippen LogP contribution >= 0.6 is 0 Å². The number of aromatic nitrogens is 4. The summed E-state index contributed by atoms with van der Waals surface area (Å²) in [5.74, 6) is -0.0877. The number of hydrogen-bond donors (Lipinski definition) is 1. The third kappa shape index (κ3) is 2.69. The highest BCUT2D eigenvalue weighted by molar-refractivity contribution is 5.37. The lowest BCUT2D eigenvalue weighted by Gasteiger charge is -2.21. The average Bonchev–Trinajstić information content (AvgIpc) is 3.26. The van der Waals surface area contributed by atoms with Crippen LogP contribution in [-0.4, -0.2) is 20.2 Å². The maximum absolute atomic E-state index is 13.9. The molecule has 3 aromatic rings. The SMILES string of the molecule is C[C@@H](N[C@@H]1CCc2c(F)cccc21)c1ccc(-n2cnnn2)cc1. The molecule has 0 radical (unpaired) electrons. The molecule has 0 aliphatic heterocycles. The van der Waals surface area contributed by atoms with E-state index in [1.165, 1.54) is 5.56 Å². The lowest BCUT2D eigenvalue weighted by atomic mass is 10.0. The zero-order valence-electron chi connectivity index (χ0n) is 13.4. The molecule has 1 aliphatic carbocycles. The van der Waals surface area contributed by atoms with Crippen LogP contribution in [0.5, 0.6) is 0 Å². The molecule has 0 saturated heterocycles. The van der Waals surface area contributed by atoms with Gasteiger partial charge in [0, 0.05) is 12.1 Å². The van der Waals surface area contributed by atoms with Crippen molar-refractivity contribution in [3.63, 3.8) is 0 Å². The van der Waals surface area contributed by atoms with Gasteiger partial charge in [-0.2, -0.15) is 0 Å². The summed E-state index contributed by atoms with van der Waals surface area (Å²) >= 11 is 0. The minimum absolute atomic E-state index is 0.0877. The third-order valence-corrected chi connectivity index (χ3v) is 4.67. The third-order valence-electron chi connectivity index (χ3n) is 4.67. The van der Waals surface area contributed by atoms with E-state index in [2.05, 4.69) is 39.9 Å². The molecule has 5 nitrogen and oxygen atoms in total. The largest absolute Gasteiger partial charge is 0.303 e. The lowest BCUT2D eigenvalue weighted by Crippen LogP contribution is -2.23. The number of hydrogen-bond acceptors (Lipinski definition) is 4. The molecular formula is C18H18FN5. The highest BCUT2D eigenvalue weighted by Crippen LogP contribution is 2.34. The molecule has 2 atom stereocenters. The van der Waals surface area contributed by atoms with Gasteiger partial charge in [-0.25, -0.2) is 9.07 Å². The summed E-state index contributed by atoms with van der Waals surface area (Å²) in [5.41, 5.74) is 4.05. The number of nitrogens with zero attached hydrogens (tertiary/aromatic N) is 4. The fourth-order valence-electron chi connectivity index (χ4n) is 3.38. The van der Waals surface area contributed by atoms with Crippen molar-refractivity contribution >= 4 is 0 Å². The Kier molecular flexibility index (Phi) is 3.82. The Labute approximate surface area is 139 Å². The zero-order valence-corrected chi connectivity index (χ0v) is 13.4. The Hall–Kier alpha value is -2.60. The molecule has 1 aliphatic rings. The fourth-order valence-corrected chi connectivity index (χ4v) is 3.38. The van der Waals surface area contributed by atoms with Gasteiger partial charge >= 0.3 is 0 Å². The molecule has 0 amide bonds. The summed E-state index contributed by atoms with van der Waals surface area (Å²) in [6.07, 6.45) is 3.30. The minimum Gasteiger partial charge on any atom is -0.303 e. The Balaban J connectivity index is 1.49. The molecule has 0 saturated carbocycles. The van der Waals surface area contributed by atoms with E-state index < -0.39 is 0 Å². The molecule has 1 aromatic heterocycles. The summed E-state index contributed by atoms with van der Waals surface area (Å²) in [7, 11) is 0. The van der Waals surface area contributed by atoms with Crippen LogP contribution < -0.4 is 5.32 Å². The van der Waals surface area contributed by atoms with Crippen LogP contribution in [0.3, 0.4) is 0 Å². The van der Waals surface area contributed by atoms with E-state index in [0.717, 1.165) is 29.7 Å². The topological polar surface area (TPSA) is 55.6 Å². The maximum atomic E-state index is 13.9. The first-order valence-electron chi connectivity index (χ1n) is 8.09. The molecule has 1 heterocycles. The number of tetrazole rings is 1. The molecule has 1 N–H and O–H groups in total. The van der Waals surface area contributed by atoms with E-state index in [4.69, 9.17) is 0 Å². The van der Waals surface area contributed by atoms with Gasteiger partial charge in [-0.15, -0.1) is 5.10 Å². The van der Waals surface area contributed by atoms with E-state index in [1.54, 1.807) is 23.1 Å². The van der Waals surface area contributed by atoms with Gasteiger partial charge in [0.15, 0.2) is 0 Å². The van der Waals surface area contributed by atoms with Gasteiger partial charge in [-0.05, 0) is 65.1 Å². The van der Waals surface area contributed by atoms with Gasteiger partial charge in [0.1, 0.15) is 12.1 Å². The normalized spacial score (nSPS) is 17.7. The van der Waals surface area contributed by atoms with E-state index >= 15 is 0 Å². The summed E-state index contributed by atoms with van der Waals surface area (Å²) in [6.45, 7) is 2.13. The molecule has 0 fully saturated rings. The molecule has 2 aromatic carbocycles. The number of nitrogens with one attached hydrogen (secondary N) is 1. The predicted molar refractivity (Wildman–Crippen MR) is 88.2 cm³/mol. The van der Waals surface area contributed by atoms with E-state index in [0.29, 0.717) is 0 Å². The first-order chi connectivity index (χ1) is 11.7. The second kappa shape index (κ2) is 6.13. The zero-order chi connectivity index (χ0) is 16.5. The number of rotatable bonds is 4. The van der Waals surface area contributed by atoms with Crippen molar-refractivity contribution in [3.05, 3.63) is 71.3 Å². The monoisotopic (exact) mass is 323 g/mol. The Morgan fingerprint density at radius 2 is 2.04 bits per heavy atom. The van der Waals surface area contributed by atoms with Crippen LogP contribution in [0.2, 0.25) is 0 Å². The number of halogens is 1. The van der Waals surface area contributed by atoms with Gasteiger partial charge in [-0.1, -0.05) is 24.3 Å². The molecule has 4 rings (SSSR count). The van der Waals surface area contributed by atoms with Crippen LogP contribution in [0.4, 0.5) is 4.39 Å². The molecule has 0 unspecified atom stereocenters. The van der Waals surface area contributed by atoms with Crippen LogP contribution in [0, 0.1) is 5.82 Å². The van der Waals surface area contributed by atoms with Gasteiger partial charge in [0.2, 0.25) is 0 Å². The number of benzene rings is 2. The predicted octanol–water partition coefficient (Wildman–Crippen LogP) is 3.14. The van der Waals surface area contributed by atoms with E-state index in [-0.39, 0.29) is 17.9 Å². The quantitative estimate of drug-likeness (QED) is 0.801. The smallest absolute Gasteiger partial charge is 0.143 e. The first kappa shape index (κ1) is 15.0. The van der Waals surface area contributed by atoms with E-state index in [9.17, 15) is 4.39 Å². The van der Waals surface area contributed by atoms with Crippen molar-refractivity contribution in [3.8, 4) is 5.69 Å². The summed E-state index contributed by atoms with van der Waals surface area (Å²) < 4.78 is 15.5.